The van der Waals surface area contributed by atoms with Crippen molar-refractivity contribution < 1.29 is 0 Å². The van der Waals surface area contributed by atoms with Crippen LogP contribution in [0.15, 0.2) is 65.6 Å². The molecule has 0 bridgehead atoms. The van der Waals surface area contributed by atoms with E-state index in [1.165, 1.54) is 5.56 Å². The van der Waals surface area contributed by atoms with E-state index in [0.717, 1.165) is 16.8 Å². The van der Waals surface area contributed by atoms with Crippen LogP contribution in [-0.4, -0.2) is 4.57 Å². The molecular weight excluding hydrogens is 353 g/mol. The summed E-state index contributed by atoms with van der Waals surface area (Å²) in [5, 5.41) is 1.16. The fourth-order valence-electron chi connectivity index (χ4n) is 3.10. The monoisotopic (exact) mass is 371 g/mol. The molecule has 1 atom stereocenters. The topological polar surface area (TPSA) is 22.0 Å². The lowest BCUT2D eigenvalue weighted by Gasteiger charge is -2.21. The number of rotatable bonds is 4. The van der Waals surface area contributed by atoms with Crippen LogP contribution in [0.25, 0.3) is 0 Å². The first-order chi connectivity index (χ1) is 12.0. The molecule has 0 aliphatic heterocycles. The van der Waals surface area contributed by atoms with E-state index in [4.69, 9.17) is 23.2 Å². The summed E-state index contributed by atoms with van der Waals surface area (Å²) in [7, 11) is 0. The molecule has 2 nitrogen and oxygen atoms in total. The molecule has 1 aromatic heterocycles. The zero-order chi connectivity index (χ0) is 18.0. The van der Waals surface area contributed by atoms with E-state index in [0.29, 0.717) is 16.5 Å². The van der Waals surface area contributed by atoms with Crippen LogP contribution in [0.3, 0.4) is 0 Å². The summed E-state index contributed by atoms with van der Waals surface area (Å²) < 4.78 is 2.12. The number of nitrogens with zero attached hydrogens (tertiary/aromatic N) is 1. The minimum absolute atomic E-state index is 0.00463. The lowest BCUT2D eigenvalue weighted by molar-refractivity contribution is 0.610. The lowest BCUT2D eigenvalue weighted by atomic mass is 10.0. The van der Waals surface area contributed by atoms with Crippen LogP contribution in [0, 0.1) is 6.92 Å². The molecule has 4 heteroatoms. The van der Waals surface area contributed by atoms with Gasteiger partial charge in [0.15, 0.2) is 5.43 Å². The lowest BCUT2D eigenvalue weighted by Crippen LogP contribution is -2.19. The summed E-state index contributed by atoms with van der Waals surface area (Å²) in [6.07, 6.45) is 2.28. The number of pyridine rings is 1. The largest absolute Gasteiger partial charge is 0.344 e. The van der Waals surface area contributed by atoms with Gasteiger partial charge in [-0.1, -0.05) is 59.6 Å². The Labute approximate surface area is 157 Å². The Bertz CT molecular complexity index is 928. The highest BCUT2D eigenvalue weighted by molar-refractivity contribution is 6.36. The molecule has 0 spiro atoms. The van der Waals surface area contributed by atoms with Crippen LogP contribution in [0.5, 0.6) is 0 Å². The molecule has 0 fully saturated rings. The van der Waals surface area contributed by atoms with Crippen LogP contribution >= 0.6 is 23.2 Å². The van der Waals surface area contributed by atoms with Gasteiger partial charge < -0.3 is 4.57 Å². The molecule has 0 N–H and O–H groups in total. The number of benzene rings is 2. The first-order valence-corrected chi connectivity index (χ1v) is 8.93. The van der Waals surface area contributed by atoms with Crippen molar-refractivity contribution in [2.24, 2.45) is 0 Å². The summed E-state index contributed by atoms with van der Waals surface area (Å²) in [5.41, 5.74) is 3.64. The molecule has 0 aliphatic rings. The third-order valence-corrected chi connectivity index (χ3v) is 5.33. The van der Waals surface area contributed by atoms with Gasteiger partial charge in [-0.15, -0.1) is 0 Å². The molecule has 3 aromatic rings. The highest BCUT2D eigenvalue weighted by atomic mass is 35.5. The molecule has 1 heterocycles. The second-order valence-corrected chi connectivity index (χ2v) is 6.93. The normalized spacial score (nSPS) is 12.2. The Morgan fingerprint density at radius 1 is 0.920 bits per heavy atom. The van der Waals surface area contributed by atoms with E-state index in [1.807, 2.05) is 37.4 Å². The van der Waals surface area contributed by atoms with Gasteiger partial charge in [-0.25, -0.2) is 0 Å². The molecule has 0 saturated carbocycles. The maximum Gasteiger partial charge on any atom is 0.185 e. The van der Waals surface area contributed by atoms with Crippen LogP contribution in [0.4, 0.5) is 0 Å². The van der Waals surface area contributed by atoms with Crippen molar-refractivity contribution in [3.63, 3.8) is 0 Å². The Morgan fingerprint density at radius 3 is 2.20 bits per heavy atom. The van der Waals surface area contributed by atoms with E-state index in [9.17, 15) is 4.79 Å². The molecule has 128 valence electrons. The Hall–Kier alpha value is -2.03. The number of hydrogen-bond donors (Lipinski definition) is 0. The van der Waals surface area contributed by atoms with Crippen molar-refractivity contribution in [2.75, 3.05) is 0 Å². The highest BCUT2D eigenvalue weighted by Gasteiger charge is 2.15. The first-order valence-electron chi connectivity index (χ1n) is 8.17. The van der Waals surface area contributed by atoms with E-state index in [1.54, 1.807) is 18.2 Å². The van der Waals surface area contributed by atoms with Gasteiger partial charge in [-0.3, -0.25) is 4.79 Å². The average Bonchev–Trinajstić information content (AvgIpc) is 2.61. The quantitative estimate of drug-likeness (QED) is 0.579. The summed E-state index contributed by atoms with van der Waals surface area (Å²) >= 11 is 12.6. The highest BCUT2D eigenvalue weighted by Crippen LogP contribution is 2.28. The third-order valence-electron chi connectivity index (χ3n) is 4.62. The third kappa shape index (κ3) is 3.65. The van der Waals surface area contributed by atoms with Crippen LogP contribution in [-0.2, 0) is 6.42 Å². The van der Waals surface area contributed by atoms with Gasteiger partial charge in [-0.2, -0.15) is 0 Å². The van der Waals surface area contributed by atoms with Crippen LogP contribution in [0.1, 0.15) is 35.3 Å². The minimum atomic E-state index is 0.00463. The Morgan fingerprint density at radius 2 is 1.56 bits per heavy atom. The SMILES string of the molecule is Cc1c(Cc2c(Cl)cccc2Cl)c(=O)ccn1C(C)c1ccccc1. The molecule has 0 saturated heterocycles. The van der Waals surface area contributed by atoms with Crippen molar-refractivity contribution in [3.8, 4) is 0 Å². The van der Waals surface area contributed by atoms with Gasteiger partial charge in [0.2, 0.25) is 0 Å². The molecular formula is C21H19Cl2NO. The molecule has 0 aliphatic carbocycles. The minimum Gasteiger partial charge on any atom is -0.344 e. The van der Waals surface area contributed by atoms with Gasteiger partial charge in [0.1, 0.15) is 0 Å². The van der Waals surface area contributed by atoms with Crippen molar-refractivity contribution in [3.05, 3.63) is 103 Å². The molecule has 3 rings (SSSR count). The van der Waals surface area contributed by atoms with Gasteiger partial charge in [0.05, 0.1) is 6.04 Å². The van der Waals surface area contributed by atoms with Crippen LogP contribution < -0.4 is 5.43 Å². The van der Waals surface area contributed by atoms with Crippen LogP contribution in [0.2, 0.25) is 10.0 Å². The first kappa shape index (κ1) is 17.8. The predicted molar refractivity (Wildman–Crippen MR) is 105 cm³/mol. The zero-order valence-corrected chi connectivity index (χ0v) is 15.7. The van der Waals surface area contributed by atoms with Gasteiger partial charge in [-0.05, 0) is 37.1 Å². The molecule has 25 heavy (non-hydrogen) atoms. The van der Waals surface area contributed by atoms with Crippen molar-refractivity contribution >= 4 is 23.2 Å². The number of halogens is 2. The summed E-state index contributed by atoms with van der Waals surface area (Å²) in [4.78, 5) is 12.5. The zero-order valence-electron chi connectivity index (χ0n) is 14.2. The second kappa shape index (κ2) is 7.47. The van der Waals surface area contributed by atoms with Gasteiger partial charge in [0, 0.05) is 40.0 Å². The van der Waals surface area contributed by atoms with E-state index in [2.05, 4.69) is 23.6 Å². The maximum absolute atomic E-state index is 12.5. The fraction of sp³-hybridized carbons (Fsp3) is 0.190. The summed E-state index contributed by atoms with van der Waals surface area (Å²) in [6.45, 7) is 4.10. The van der Waals surface area contributed by atoms with Crippen molar-refractivity contribution in [1.82, 2.24) is 4.57 Å². The summed E-state index contributed by atoms with van der Waals surface area (Å²) in [5.74, 6) is 0. The number of hydrogen-bond acceptors (Lipinski definition) is 1. The summed E-state index contributed by atoms with van der Waals surface area (Å²) in [6, 6.07) is 17.4. The van der Waals surface area contributed by atoms with E-state index in [-0.39, 0.29) is 11.5 Å². The van der Waals surface area contributed by atoms with E-state index < -0.39 is 0 Å². The predicted octanol–water partition coefficient (Wildman–Crippen LogP) is 5.66. The fourth-order valence-corrected chi connectivity index (χ4v) is 3.63. The maximum atomic E-state index is 12.5. The van der Waals surface area contributed by atoms with Crippen molar-refractivity contribution in [1.29, 1.82) is 0 Å². The molecule has 0 amide bonds. The standard InChI is InChI=1S/C21H19Cl2NO/c1-14(16-7-4-3-5-8-16)24-12-11-21(25)17(15(24)2)13-18-19(22)9-6-10-20(18)23/h3-12,14H,13H2,1-2H3. The second-order valence-electron chi connectivity index (χ2n) is 6.11. The Kier molecular flexibility index (Phi) is 5.31. The van der Waals surface area contributed by atoms with E-state index >= 15 is 0 Å². The molecule has 1 unspecified atom stereocenters. The van der Waals surface area contributed by atoms with Gasteiger partial charge in [0.25, 0.3) is 0 Å². The Balaban J connectivity index is 2.05. The smallest absolute Gasteiger partial charge is 0.185 e. The van der Waals surface area contributed by atoms with Crippen molar-refractivity contribution in [2.45, 2.75) is 26.3 Å². The average molecular weight is 372 g/mol. The molecule has 0 radical (unpaired) electrons. The number of aromatic nitrogens is 1. The molecule has 2 aromatic carbocycles. The van der Waals surface area contributed by atoms with Gasteiger partial charge >= 0.3 is 0 Å².